The van der Waals surface area contributed by atoms with Crippen LogP contribution in [0.1, 0.15) is 38.5 Å². The van der Waals surface area contributed by atoms with E-state index in [0.717, 1.165) is 25.9 Å². The molecule has 96 valence electrons. The Labute approximate surface area is 102 Å². The molecule has 0 amide bonds. The highest BCUT2D eigenvalue weighted by Crippen LogP contribution is 2.21. The zero-order valence-electron chi connectivity index (χ0n) is 10.2. The van der Waals surface area contributed by atoms with Crippen LogP contribution in [0.15, 0.2) is 11.6 Å². The Morgan fingerprint density at radius 2 is 2.41 bits per heavy atom. The molecule has 0 bridgehead atoms. The summed E-state index contributed by atoms with van der Waals surface area (Å²) in [6, 6.07) is 0. The molecule has 2 unspecified atom stereocenters. The standard InChI is InChI=1S/C13H21NO3/c15-13(16)12-6-5-11(17-12)9-14-8-7-10-3-1-2-4-10/h3,11-12,14H,1-2,4-9H2,(H,15,16). The summed E-state index contributed by atoms with van der Waals surface area (Å²) in [7, 11) is 0. The summed E-state index contributed by atoms with van der Waals surface area (Å²) in [4.78, 5) is 10.7. The number of rotatable bonds is 6. The SMILES string of the molecule is O=C(O)C1CCC(CNCCC2=CCCC2)O1. The predicted molar refractivity (Wildman–Crippen MR) is 65.0 cm³/mol. The molecular weight excluding hydrogens is 218 g/mol. The van der Waals surface area contributed by atoms with Crippen LogP contribution in [0.5, 0.6) is 0 Å². The van der Waals surface area contributed by atoms with Gasteiger partial charge in [-0.3, -0.25) is 0 Å². The zero-order chi connectivity index (χ0) is 12.1. The Bertz CT molecular complexity index is 301. The molecule has 1 aliphatic carbocycles. The Hall–Kier alpha value is -0.870. The van der Waals surface area contributed by atoms with Gasteiger partial charge in [0.15, 0.2) is 6.10 Å². The number of aliphatic carboxylic acids is 1. The van der Waals surface area contributed by atoms with Crippen LogP contribution in [0.4, 0.5) is 0 Å². The Kier molecular flexibility index (Phi) is 4.57. The molecular formula is C13H21NO3. The van der Waals surface area contributed by atoms with Crippen LogP contribution in [0, 0.1) is 0 Å². The van der Waals surface area contributed by atoms with E-state index in [9.17, 15) is 4.79 Å². The first-order chi connectivity index (χ1) is 8.25. The summed E-state index contributed by atoms with van der Waals surface area (Å²) >= 11 is 0. The Morgan fingerprint density at radius 1 is 1.53 bits per heavy atom. The molecule has 1 fully saturated rings. The summed E-state index contributed by atoms with van der Waals surface area (Å²) in [5.41, 5.74) is 1.56. The van der Waals surface area contributed by atoms with Gasteiger partial charge in [0.05, 0.1) is 6.10 Å². The van der Waals surface area contributed by atoms with Gasteiger partial charge in [0.1, 0.15) is 0 Å². The van der Waals surface area contributed by atoms with Gasteiger partial charge >= 0.3 is 5.97 Å². The maximum atomic E-state index is 10.7. The van der Waals surface area contributed by atoms with Crippen LogP contribution in [0.25, 0.3) is 0 Å². The Balaban J connectivity index is 1.55. The number of hydrogen-bond acceptors (Lipinski definition) is 3. The first-order valence-corrected chi connectivity index (χ1v) is 6.52. The van der Waals surface area contributed by atoms with Crippen molar-refractivity contribution in [2.45, 2.75) is 50.7 Å². The highest BCUT2D eigenvalue weighted by Gasteiger charge is 2.29. The molecule has 4 heteroatoms. The number of ether oxygens (including phenoxy) is 1. The maximum absolute atomic E-state index is 10.7. The predicted octanol–water partition coefficient (Wildman–Crippen LogP) is 1.71. The molecule has 4 nitrogen and oxygen atoms in total. The van der Waals surface area contributed by atoms with E-state index in [0.29, 0.717) is 6.42 Å². The normalized spacial score (nSPS) is 28.4. The minimum atomic E-state index is -0.830. The quantitative estimate of drug-likeness (QED) is 0.547. The van der Waals surface area contributed by atoms with Crippen molar-refractivity contribution in [2.75, 3.05) is 13.1 Å². The highest BCUT2D eigenvalue weighted by molar-refractivity contribution is 5.72. The molecule has 2 N–H and O–H groups in total. The van der Waals surface area contributed by atoms with E-state index in [4.69, 9.17) is 9.84 Å². The molecule has 0 saturated carbocycles. The van der Waals surface area contributed by atoms with E-state index in [1.807, 2.05) is 0 Å². The van der Waals surface area contributed by atoms with Crippen LogP contribution < -0.4 is 5.32 Å². The first-order valence-electron chi connectivity index (χ1n) is 6.52. The first kappa shape index (κ1) is 12.6. The molecule has 2 rings (SSSR count). The van der Waals surface area contributed by atoms with Crippen molar-refractivity contribution < 1.29 is 14.6 Å². The van der Waals surface area contributed by atoms with E-state index in [1.165, 1.54) is 19.3 Å². The van der Waals surface area contributed by atoms with E-state index in [2.05, 4.69) is 11.4 Å². The third-order valence-electron chi connectivity index (χ3n) is 3.51. The molecule has 0 spiro atoms. The van der Waals surface area contributed by atoms with E-state index >= 15 is 0 Å². The van der Waals surface area contributed by atoms with Crippen molar-refractivity contribution in [3.05, 3.63) is 11.6 Å². The van der Waals surface area contributed by atoms with Crippen molar-refractivity contribution in [1.29, 1.82) is 0 Å². The smallest absolute Gasteiger partial charge is 0.332 e. The summed E-state index contributed by atoms with van der Waals surface area (Å²) in [5, 5.41) is 12.1. The number of nitrogens with one attached hydrogen (secondary N) is 1. The van der Waals surface area contributed by atoms with E-state index in [1.54, 1.807) is 5.57 Å². The van der Waals surface area contributed by atoms with Crippen LogP contribution in [-0.2, 0) is 9.53 Å². The Morgan fingerprint density at radius 3 is 3.06 bits per heavy atom. The van der Waals surface area contributed by atoms with Gasteiger partial charge in [0.2, 0.25) is 0 Å². The van der Waals surface area contributed by atoms with Crippen LogP contribution in [0.2, 0.25) is 0 Å². The van der Waals surface area contributed by atoms with Crippen molar-refractivity contribution in [2.24, 2.45) is 0 Å². The molecule has 17 heavy (non-hydrogen) atoms. The molecule has 2 atom stereocenters. The highest BCUT2D eigenvalue weighted by atomic mass is 16.5. The van der Waals surface area contributed by atoms with Crippen molar-refractivity contribution in [1.82, 2.24) is 5.32 Å². The third kappa shape index (κ3) is 3.82. The minimum absolute atomic E-state index is 0.0775. The molecule has 1 heterocycles. The number of allylic oxidation sites excluding steroid dienone is 1. The fourth-order valence-corrected chi connectivity index (χ4v) is 2.51. The second-order valence-corrected chi connectivity index (χ2v) is 4.87. The maximum Gasteiger partial charge on any atom is 0.332 e. The van der Waals surface area contributed by atoms with Gasteiger partial charge in [0, 0.05) is 6.54 Å². The average molecular weight is 239 g/mol. The van der Waals surface area contributed by atoms with E-state index in [-0.39, 0.29) is 6.10 Å². The monoisotopic (exact) mass is 239 g/mol. The van der Waals surface area contributed by atoms with Crippen LogP contribution in [0.3, 0.4) is 0 Å². The molecule has 0 radical (unpaired) electrons. The van der Waals surface area contributed by atoms with Crippen molar-refractivity contribution >= 4 is 5.97 Å². The summed E-state index contributed by atoms with van der Waals surface area (Å²) in [6.45, 7) is 1.75. The van der Waals surface area contributed by atoms with Crippen molar-refractivity contribution in [3.8, 4) is 0 Å². The molecule has 0 aromatic rings. The van der Waals surface area contributed by atoms with Gasteiger partial charge in [-0.1, -0.05) is 11.6 Å². The van der Waals surface area contributed by atoms with Gasteiger partial charge < -0.3 is 15.2 Å². The van der Waals surface area contributed by atoms with Gasteiger partial charge in [0.25, 0.3) is 0 Å². The summed E-state index contributed by atoms with van der Waals surface area (Å²) in [5.74, 6) is -0.830. The topological polar surface area (TPSA) is 58.6 Å². The summed E-state index contributed by atoms with van der Waals surface area (Å²) < 4.78 is 5.42. The van der Waals surface area contributed by atoms with Gasteiger partial charge in [-0.15, -0.1) is 0 Å². The number of carboxylic acids is 1. The third-order valence-corrected chi connectivity index (χ3v) is 3.51. The van der Waals surface area contributed by atoms with Crippen LogP contribution in [-0.4, -0.2) is 36.4 Å². The van der Waals surface area contributed by atoms with Crippen molar-refractivity contribution in [3.63, 3.8) is 0 Å². The minimum Gasteiger partial charge on any atom is -0.479 e. The second kappa shape index (κ2) is 6.17. The lowest BCUT2D eigenvalue weighted by atomic mass is 10.1. The lowest BCUT2D eigenvalue weighted by Gasteiger charge is -2.12. The molecule has 1 saturated heterocycles. The molecule has 2 aliphatic rings. The zero-order valence-corrected chi connectivity index (χ0v) is 10.2. The van der Waals surface area contributed by atoms with Gasteiger partial charge in [-0.25, -0.2) is 4.79 Å². The number of carboxylic acid groups (broad SMARTS) is 1. The second-order valence-electron chi connectivity index (χ2n) is 4.87. The molecule has 1 aliphatic heterocycles. The van der Waals surface area contributed by atoms with Crippen LogP contribution >= 0.6 is 0 Å². The molecule has 0 aromatic carbocycles. The van der Waals surface area contributed by atoms with Gasteiger partial charge in [-0.05, 0) is 45.1 Å². The lowest BCUT2D eigenvalue weighted by molar-refractivity contribution is -0.149. The largest absolute Gasteiger partial charge is 0.479 e. The van der Waals surface area contributed by atoms with Gasteiger partial charge in [-0.2, -0.15) is 0 Å². The lowest BCUT2D eigenvalue weighted by Crippen LogP contribution is -2.29. The van der Waals surface area contributed by atoms with E-state index < -0.39 is 12.1 Å². The average Bonchev–Trinajstić information content (AvgIpc) is 2.96. The number of carbonyl (C=O) groups is 1. The summed E-state index contributed by atoms with van der Waals surface area (Å²) in [6.07, 6.45) is 8.25. The molecule has 0 aromatic heterocycles. The fraction of sp³-hybridized carbons (Fsp3) is 0.769. The fourth-order valence-electron chi connectivity index (χ4n) is 2.51. The number of hydrogen-bond donors (Lipinski definition) is 2.